The van der Waals surface area contributed by atoms with E-state index in [0.29, 0.717) is 12.1 Å². The fourth-order valence-corrected chi connectivity index (χ4v) is 4.04. The summed E-state index contributed by atoms with van der Waals surface area (Å²) >= 11 is 0. The first-order chi connectivity index (χ1) is 10.1. The highest BCUT2D eigenvalue weighted by molar-refractivity contribution is 6.74. The third-order valence-electron chi connectivity index (χ3n) is 4.86. The van der Waals surface area contributed by atoms with Gasteiger partial charge in [-0.1, -0.05) is 37.5 Å². The lowest BCUT2D eigenvalue weighted by atomic mass is 9.79. The third kappa shape index (κ3) is 2.68. The topological polar surface area (TPSA) is 67.2 Å². The average Bonchev–Trinajstić information content (AvgIpc) is 2.34. The third-order valence-corrected chi connectivity index (χ3v) is 9.31. The summed E-state index contributed by atoms with van der Waals surface area (Å²) < 4.78 is 12.3. The molecule has 1 atom stereocenters. The molecule has 2 rings (SSSR count). The molecule has 0 heterocycles. The molecular formula is C16H25N3O2Si. The van der Waals surface area contributed by atoms with E-state index in [4.69, 9.17) is 14.7 Å². The SMILES string of the molecule is COC1(O[Si](C)(C)C(C)(C)C)Cc2cc(C)cc(N=[N+]=[N-])c21. The minimum atomic E-state index is -2.02. The maximum Gasteiger partial charge on any atom is 0.196 e. The van der Waals surface area contributed by atoms with Gasteiger partial charge in [-0.2, -0.15) is 0 Å². The lowest BCUT2D eigenvalue weighted by molar-refractivity contribution is -0.197. The Morgan fingerprint density at radius 1 is 1.32 bits per heavy atom. The molecule has 1 unspecified atom stereocenters. The molecule has 1 aliphatic rings. The van der Waals surface area contributed by atoms with Gasteiger partial charge >= 0.3 is 0 Å². The van der Waals surface area contributed by atoms with Crippen molar-refractivity contribution in [3.8, 4) is 0 Å². The van der Waals surface area contributed by atoms with Crippen LogP contribution in [0.2, 0.25) is 18.1 Å². The van der Waals surface area contributed by atoms with Crippen molar-refractivity contribution in [2.45, 2.75) is 58.0 Å². The molecule has 1 aromatic rings. The van der Waals surface area contributed by atoms with Crippen molar-refractivity contribution in [1.82, 2.24) is 0 Å². The minimum absolute atomic E-state index is 0.0810. The van der Waals surface area contributed by atoms with Gasteiger partial charge < -0.3 is 9.16 Å². The zero-order chi connectivity index (χ0) is 16.8. The van der Waals surface area contributed by atoms with E-state index in [1.807, 2.05) is 13.0 Å². The Morgan fingerprint density at radius 3 is 2.45 bits per heavy atom. The van der Waals surface area contributed by atoms with Crippen molar-refractivity contribution >= 4 is 14.0 Å². The van der Waals surface area contributed by atoms with Crippen LogP contribution < -0.4 is 0 Å². The van der Waals surface area contributed by atoms with Crippen LogP contribution in [0.15, 0.2) is 17.2 Å². The number of methoxy groups -OCH3 is 1. The monoisotopic (exact) mass is 319 g/mol. The Bertz CT molecular complexity index is 646. The van der Waals surface area contributed by atoms with E-state index in [2.05, 4.69) is 50.0 Å². The fraction of sp³-hybridized carbons (Fsp3) is 0.625. The van der Waals surface area contributed by atoms with Crippen molar-refractivity contribution in [1.29, 1.82) is 0 Å². The molecule has 0 bridgehead atoms. The summed E-state index contributed by atoms with van der Waals surface area (Å²) in [6.07, 6.45) is 0.695. The van der Waals surface area contributed by atoms with Gasteiger partial charge in [0.15, 0.2) is 14.1 Å². The van der Waals surface area contributed by atoms with Crippen LogP contribution in [0.3, 0.4) is 0 Å². The van der Waals surface area contributed by atoms with Crippen LogP contribution in [-0.2, 0) is 21.4 Å². The lowest BCUT2D eigenvalue weighted by Crippen LogP contribution is -2.54. The van der Waals surface area contributed by atoms with Gasteiger partial charge in [-0.15, -0.1) is 0 Å². The van der Waals surface area contributed by atoms with E-state index in [9.17, 15) is 0 Å². The molecule has 6 heteroatoms. The molecule has 0 aromatic heterocycles. The number of fused-ring (bicyclic) bond motifs is 1. The number of hydrogen-bond acceptors (Lipinski definition) is 3. The molecule has 0 saturated heterocycles. The van der Waals surface area contributed by atoms with E-state index in [1.165, 1.54) is 0 Å². The largest absolute Gasteiger partial charge is 0.386 e. The highest BCUT2D eigenvalue weighted by Gasteiger charge is 2.52. The van der Waals surface area contributed by atoms with Gasteiger partial charge in [-0.05, 0) is 42.2 Å². The van der Waals surface area contributed by atoms with Crippen LogP contribution in [-0.4, -0.2) is 15.4 Å². The number of hydrogen-bond donors (Lipinski definition) is 0. The second kappa shape index (κ2) is 5.39. The molecule has 0 N–H and O–H groups in total. The smallest absolute Gasteiger partial charge is 0.196 e. The van der Waals surface area contributed by atoms with Gasteiger partial charge in [0.05, 0.1) is 0 Å². The first-order valence-electron chi connectivity index (χ1n) is 7.51. The molecule has 0 spiro atoms. The van der Waals surface area contributed by atoms with Crippen molar-refractivity contribution in [3.05, 3.63) is 39.3 Å². The lowest BCUT2D eigenvalue weighted by Gasteiger charge is -2.50. The summed E-state index contributed by atoms with van der Waals surface area (Å²) in [4.78, 5) is 2.95. The maximum atomic E-state index is 8.84. The maximum absolute atomic E-state index is 8.84. The van der Waals surface area contributed by atoms with Crippen LogP contribution in [0.4, 0.5) is 5.69 Å². The molecule has 1 aromatic carbocycles. The first kappa shape index (κ1) is 17.0. The quantitative estimate of drug-likeness (QED) is 0.248. The molecule has 22 heavy (non-hydrogen) atoms. The van der Waals surface area contributed by atoms with E-state index in [0.717, 1.165) is 16.7 Å². The van der Waals surface area contributed by atoms with E-state index in [-0.39, 0.29) is 5.04 Å². The minimum Gasteiger partial charge on any atom is -0.386 e. The molecule has 0 aliphatic heterocycles. The van der Waals surface area contributed by atoms with Crippen molar-refractivity contribution in [2.75, 3.05) is 7.11 Å². The zero-order valence-electron chi connectivity index (χ0n) is 14.5. The molecule has 120 valence electrons. The van der Waals surface area contributed by atoms with Crippen LogP contribution in [0, 0.1) is 6.92 Å². The second-order valence-electron chi connectivity index (χ2n) is 7.50. The zero-order valence-corrected chi connectivity index (χ0v) is 15.5. The summed E-state index contributed by atoms with van der Waals surface area (Å²) in [6, 6.07) is 4.00. The normalized spacial score (nSPS) is 20.9. The Kier molecular flexibility index (Phi) is 4.17. The number of aryl methyl sites for hydroxylation is 1. The Labute approximate surface area is 133 Å². The van der Waals surface area contributed by atoms with E-state index >= 15 is 0 Å². The van der Waals surface area contributed by atoms with Crippen LogP contribution >= 0.6 is 0 Å². The van der Waals surface area contributed by atoms with Crippen LogP contribution in [0.25, 0.3) is 10.4 Å². The predicted molar refractivity (Wildman–Crippen MR) is 90.7 cm³/mol. The van der Waals surface area contributed by atoms with Gasteiger partial charge in [-0.25, -0.2) is 0 Å². The summed E-state index contributed by atoms with van der Waals surface area (Å²) in [6.45, 7) is 13.0. The molecule has 0 saturated carbocycles. The standard InChI is InChI=1S/C16H25N3O2Si/c1-11-8-12-10-16(20-5,14(12)13(9-11)18-19-17)21-22(6,7)15(2,3)4/h8-9H,10H2,1-7H3. The highest BCUT2D eigenvalue weighted by Crippen LogP contribution is 2.52. The molecule has 0 amide bonds. The highest BCUT2D eigenvalue weighted by atomic mass is 28.4. The van der Waals surface area contributed by atoms with Gasteiger partial charge in [0.25, 0.3) is 0 Å². The number of azide groups is 1. The Morgan fingerprint density at radius 2 is 1.95 bits per heavy atom. The molecule has 5 nitrogen and oxygen atoms in total. The molecule has 0 fully saturated rings. The van der Waals surface area contributed by atoms with Crippen LogP contribution in [0.1, 0.15) is 37.5 Å². The van der Waals surface area contributed by atoms with E-state index < -0.39 is 14.1 Å². The molecule has 0 radical (unpaired) electrons. The molecular weight excluding hydrogens is 294 g/mol. The summed E-state index contributed by atoms with van der Waals surface area (Å²) in [5.74, 6) is -0.782. The van der Waals surface area contributed by atoms with Crippen molar-refractivity contribution in [2.24, 2.45) is 5.11 Å². The number of nitrogens with zero attached hydrogens (tertiary/aromatic N) is 3. The Hall–Kier alpha value is -1.33. The predicted octanol–water partition coefficient (Wildman–Crippen LogP) is 5.31. The number of rotatable bonds is 4. The average molecular weight is 319 g/mol. The summed E-state index contributed by atoms with van der Waals surface area (Å²) in [5.41, 5.74) is 12.6. The molecule has 1 aliphatic carbocycles. The van der Waals surface area contributed by atoms with Crippen molar-refractivity contribution in [3.63, 3.8) is 0 Å². The van der Waals surface area contributed by atoms with Crippen LogP contribution in [0.5, 0.6) is 0 Å². The first-order valence-corrected chi connectivity index (χ1v) is 10.4. The van der Waals surface area contributed by atoms with Gasteiger partial charge in [0, 0.05) is 29.7 Å². The van der Waals surface area contributed by atoms with Gasteiger partial charge in [-0.3, -0.25) is 0 Å². The number of ether oxygens (including phenoxy) is 1. The second-order valence-corrected chi connectivity index (χ2v) is 12.2. The number of benzene rings is 1. The van der Waals surface area contributed by atoms with E-state index in [1.54, 1.807) is 7.11 Å². The fourth-order valence-electron chi connectivity index (χ4n) is 2.65. The van der Waals surface area contributed by atoms with Gasteiger partial charge in [0.2, 0.25) is 0 Å². The summed E-state index contributed by atoms with van der Waals surface area (Å²) in [5, 5.41) is 3.93. The van der Waals surface area contributed by atoms with Crippen molar-refractivity contribution < 1.29 is 9.16 Å². The Balaban J connectivity index is 2.50. The van der Waals surface area contributed by atoms with Gasteiger partial charge in [0.1, 0.15) is 0 Å². The summed E-state index contributed by atoms with van der Waals surface area (Å²) in [7, 11) is -0.356.